The summed E-state index contributed by atoms with van der Waals surface area (Å²) in [4.78, 5) is 27.7. The Morgan fingerprint density at radius 3 is 2.81 bits per heavy atom. The lowest BCUT2D eigenvalue weighted by atomic mass is 9.97. The van der Waals surface area contributed by atoms with Gasteiger partial charge in [-0.1, -0.05) is 0 Å². The minimum absolute atomic E-state index is 0.0141. The Morgan fingerprint density at radius 1 is 1.13 bits per heavy atom. The van der Waals surface area contributed by atoms with Crippen molar-refractivity contribution >= 4 is 28.2 Å². The van der Waals surface area contributed by atoms with Gasteiger partial charge < -0.3 is 10.2 Å². The van der Waals surface area contributed by atoms with Gasteiger partial charge in [-0.3, -0.25) is 14.3 Å². The van der Waals surface area contributed by atoms with Crippen LogP contribution in [0.1, 0.15) is 12.8 Å². The van der Waals surface area contributed by atoms with Crippen LogP contribution >= 0.6 is 11.3 Å². The molecule has 0 aliphatic carbocycles. The number of thiazole rings is 1. The van der Waals surface area contributed by atoms with Crippen molar-refractivity contribution in [2.24, 2.45) is 5.92 Å². The van der Waals surface area contributed by atoms with E-state index in [0.29, 0.717) is 17.5 Å². The molecule has 0 bridgehead atoms. The fourth-order valence-electron chi connectivity index (χ4n) is 3.60. The number of carbonyl (C=O) groups excluding carboxylic acids is 1. The highest BCUT2D eigenvalue weighted by Gasteiger charge is 2.27. The molecule has 31 heavy (non-hydrogen) atoms. The van der Waals surface area contributed by atoms with Gasteiger partial charge >= 0.3 is 0 Å². The Kier molecular flexibility index (Phi) is 5.36. The molecule has 0 unspecified atom stereocenters. The maximum Gasteiger partial charge on any atom is 0.231 e. The van der Waals surface area contributed by atoms with E-state index in [2.05, 4.69) is 35.4 Å². The lowest BCUT2D eigenvalue weighted by Crippen LogP contribution is -2.41. The standard InChI is InChI=1S/C21H20N8OS/c30-20(25-21-24-17(13-31-21)15-3-1-7-22-11-15)16-4-2-9-28(12-16)18-5-6-19(27-26-18)29-10-8-23-14-29/h1,3,5-8,10-11,13-14,16H,2,4,9,12H2,(H,24,25,30)/t16-/m1/s1. The summed E-state index contributed by atoms with van der Waals surface area (Å²) in [6.45, 7) is 1.46. The van der Waals surface area contributed by atoms with Crippen molar-refractivity contribution in [1.82, 2.24) is 29.7 Å². The zero-order chi connectivity index (χ0) is 21.0. The fraction of sp³-hybridized carbons (Fsp3) is 0.238. The number of imidazole rings is 1. The summed E-state index contributed by atoms with van der Waals surface area (Å²) in [6, 6.07) is 7.66. The highest BCUT2D eigenvalue weighted by molar-refractivity contribution is 7.14. The van der Waals surface area contributed by atoms with E-state index in [4.69, 9.17) is 0 Å². The molecule has 0 saturated carbocycles. The van der Waals surface area contributed by atoms with Crippen molar-refractivity contribution in [2.45, 2.75) is 12.8 Å². The predicted octanol–water partition coefficient (Wildman–Crippen LogP) is 3.04. The van der Waals surface area contributed by atoms with Gasteiger partial charge in [0.1, 0.15) is 6.33 Å². The van der Waals surface area contributed by atoms with Crippen molar-refractivity contribution in [3.05, 3.63) is 60.8 Å². The van der Waals surface area contributed by atoms with Crippen molar-refractivity contribution < 1.29 is 4.79 Å². The van der Waals surface area contributed by atoms with Gasteiger partial charge in [-0.05, 0) is 37.1 Å². The molecule has 4 aromatic heterocycles. The molecular weight excluding hydrogens is 412 g/mol. The fourth-order valence-corrected chi connectivity index (χ4v) is 4.33. The molecule has 1 fully saturated rings. The third-order valence-electron chi connectivity index (χ3n) is 5.21. The number of nitrogens with zero attached hydrogens (tertiary/aromatic N) is 7. The number of nitrogens with one attached hydrogen (secondary N) is 1. The average Bonchev–Trinajstić information content (AvgIpc) is 3.53. The molecule has 0 radical (unpaired) electrons. The van der Waals surface area contributed by atoms with Crippen LogP contribution in [0.3, 0.4) is 0 Å². The topological polar surface area (TPSA) is 102 Å². The molecule has 0 spiro atoms. The van der Waals surface area contributed by atoms with Crippen molar-refractivity contribution in [3.63, 3.8) is 0 Å². The van der Waals surface area contributed by atoms with Crippen LogP contribution < -0.4 is 10.2 Å². The summed E-state index contributed by atoms with van der Waals surface area (Å²) < 4.78 is 1.80. The van der Waals surface area contributed by atoms with Gasteiger partial charge in [0.25, 0.3) is 0 Å². The van der Waals surface area contributed by atoms with Crippen molar-refractivity contribution in [2.75, 3.05) is 23.3 Å². The number of piperidine rings is 1. The van der Waals surface area contributed by atoms with E-state index in [-0.39, 0.29) is 11.8 Å². The first kappa shape index (κ1) is 19.3. The smallest absolute Gasteiger partial charge is 0.231 e. The summed E-state index contributed by atoms with van der Waals surface area (Å²) in [6.07, 6.45) is 10.4. The number of amides is 1. The Hall–Kier alpha value is -3.66. The van der Waals surface area contributed by atoms with Crippen molar-refractivity contribution in [3.8, 4) is 17.1 Å². The Balaban J connectivity index is 1.23. The molecular formula is C21H20N8OS. The Labute approximate surface area is 182 Å². The quantitative estimate of drug-likeness (QED) is 0.517. The van der Waals surface area contributed by atoms with Crippen molar-refractivity contribution in [1.29, 1.82) is 0 Å². The predicted molar refractivity (Wildman–Crippen MR) is 118 cm³/mol. The van der Waals surface area contributed by atoms with Gasteiger partial charge in [-0.25, -0.2) is 9.97 Å². The third kappa shape index (κ3) is 4.29. The molecule has 9 nitrogen and oxygen atoms in total. The molecule has 4 aromatic rings. The molecule has 0 aromatic carbocycles. The summed E-state index contributed by atoms with van der Waals surface area (Å²) in [7, 11) is 0. The Bertz CT molecular complexity index is 1140. The minimum atomic E-state index is -0.130. The van der Waals surface area contributed by atoms with Crippen LogP contribution in [0.5, 0.6) is 0 Å². The lowest BCUT2D eigenvalue weighted by molar-refractivity contribution is -0.120. The number of hydrogen-bond acceptors (Lipinski definition) is 8. The normalized spacial score (nSPS) is 16.3. The van der Waals surface area contributed by atoms with Gasteiger partial charge in [-0.2, -0.15) is 0 Å². The lowest BCUT2D eigenvalue weighted by Gasteiger charge is -2.32. The third-order valence-corrected chi connectivity index (χ3v) is 5.97. The van der Waals surface area contributed by atoms with Crippen LogP contribution in [-0.4, -0.2) is 48.7 Å². The number of anilines is 2. The highest BCUT2D eigenvalue weighted by Crippen LogP contribution is 2.26. The molecule has 1 aliphatic rings. The summed E-state index contributed by atoms with van der Waals surface area (Å²) in [5.74, 6) is 1.34. The van der Waals surface area contributed by atoms with E-state index in [0.717, 1.165) is 36.5 Å². The van der Waals surface area contributed by atoms with Gasteiger partial charge in [0.05, 0.1) is 11.6 Å². The van der Waals surface area contributed by atoms with Gasteiger partial charge in [0.15, 0.2) is 16.8 Å². The number of hydrogen-bond donors (Lipinski definition) is 1. The van der Waals surface area contributed by atoms with Crippen LogP contribution in [-0.2, 0) is 4.79 Å². The molecule has 10 heteroatoms. The first-order valence-electron chi connectivity index (χ1n) is 10.00. The monoisotopic (exact) mass is 432 g/mol. The first-order chi connectivity index (χ1) is 15.3. The number of carbonyl (C=O) groups is 1. The molecule has 1 saturated heterocycles. The molecule has 5 heterocycles. The molecule has 1 amide bonds. The maximum absolute atomic E-state index is 12.9. The van der Waals surface area contributed by atoms with E-state index >= 15 is 0 Å². The van der Waals surface area contributed by atoms with Gasteiger partial charge in [-0.15, -0.1) is 21.5 Å². The van der Waals surface area contributed by atoms with E-state index < -0.39 is 0 Å². The second-order valence-electron chi connectivity index (χ2n) is 7.27. The molecule has 1 N–H and O–H groups in total. The van der Waals surface area contributed by atoms with Crippen LogP contribution in [0.4, 0.5) is 10.9 Å². The van der Waals surface area contributed by atoms with E-state index in [9.17, 15) is 4.79 Å². The average molecular weight is 433 g/mol. The SMILES string of the molecule is O=C(Nc1nc(-c2cccnc2)cs1)[C@@H]1CCCN(c2ccc(-n3ccnc3)nn2)C1. The van der Waals surface area contributed by atoms with Gasteiger partial charge in [0, 0.05) is 48.8 Å². The van der Waals surface area contributed by atoms with E-state index in [1.807, 2.05) is 35.8 Å². The van der Waals surface area contributed by atoms with Crippen LogP contribution in [0.15, 0.2) is 60.8 Å². The molecule has 1 aliphatic heterocycles. The first-order valence-corrected chi connectivity index (χ1v) is 10.9. The zero-order valence-corrected chi connectivity index (χ0v) is 17.4. The summed E-state index contributed by atoms with van der Waals surface area (Å²) >= 11 is 1.42. The highest BCUT2D eigenvalue weighted by atomic mass is 32.1. The maximum atomic E-state index is 12.9. The van der Waals surface area contributed by atoms with Crippen LogP contribution in [0.2, 0.25) is 0 Å². The number of aromatic nitrogens is 6. The Morgan fingerprint density at radius 2 is 2.03 bits per heavy atom. The largest absolute Gasteiger partial charge is 0.354 e. The molecule has 156 valence electrons. The van der Waals surface area contributed by atoms with Crippen LogP contribution in [0, 0.1) is 5.92 Å². The summed E-state index contributed by atoms with van der Waals surface area (Å²) in [5.41, 5.74) is 1.74. The van der Waals surface area contributed by atoms with E-state index in [1.54, 1.807) is 29.5 Å². The minimum Gasteiger partial charge on any atom is -0.354 e. The molecule has 1 atom stereocenters. The molecule has 5 rings (SSSR count). The second kappa shape index (κ2) is 8.60. The summed E-state index contributed by atoms with van der Waals surface area (Å²) in [5, 5.41) is 14.1. The van der Waals surface area contributed by atoms with E-state index in [1.165, 1.54) is 11.3 Å². The van der Waals surface area contributed by atoms with Gasteiger partial charge in [0.2, 0.25) is 5.91 Å². The van der Waals surface area contributed by atoms with Crippen LogP contribution in [0.25, 0.3) is 17.1 Å². The number of pyridine rings is 1. The number of rotatable bonds is 5. The zero-order valence-electron chi connectivity index (χ0n) is 16.6. The second-order valence-corrected chi connectivity index (χ2v) is 8.13.